The highest BCUT2D eigenvalue weighted by Gasteiger charge is 2.22. The van der Waals surface area contributed by atoms with Crippen molar-refractivity contribution in [2.75, 3.05) is 39.1 Å². The van der Waals surface area contributed by atoms with Crippen molar-refractivity contribution in [1.82, 2.24) is 15.2 Å². The molecular weight excluding hydrogens is 224 g/mol. The molecule has 2 rings (SSSR count). The van der Waals surface area contributed by atoms with Crippen LogP contribution in [-0.4, -0.2) is 50.2 Å². The minimum atomic E-state index is 0.678. The van der Waals surface area contributed by atoms with E-state index in [0.717, 1.165) is 13.1 Å². The maximum absolute atomic E-state index is 4.26. The van der Waals surface area contributed by atoms with Crippen molar-refractivity contribution >= 4 is 5.69 Å². The molecule has 0 radical (unpaired) electrons. The number of aromatic nitrogens is 1. The maximum atomic E-state index is 4.26. The van der Waals surface area contributed by atoms with Crippen LogP contribution in [0.5, 0.6) is 0 Å². The van der Waals surface area contributed by atoms with Crippen molar-refractivity contribution < 1.29 is 0 Å². The van der Waals surface area contributed by atoms with E-state index in [1.165, 1.54) is 30.6 Å². The molecule has 18 heavy (non-hydrogen) atoms. The van der Waals surface area contributed by atoms with E-state index in [0.29, 0.717) is 6.04 Å². The first kappa shape index (κ1) is 13.3. The Kier molecular flexibility index (Phi) is 4.55. The van der Waals surface area contributed by atoms with E-state index in [-0.39, 0.29) is 0 Å². The van der Waals surface area contributed by atoms with Crippen LogP contribution in [0.4, 0.5) is 5.69 Å². The molecule has 1 aliphatic heterocycles. The van der Waals surface area contributed by atoms with E-state index in [4.69, 9.17) is 0 Å². The fourth-order valence-corrected chi connectivity index (χ4v) is 2.72. The minimum Gasteiger partial charge on any atom is -0.372 e. The van der Waals surface area contributed by atoms with Crippen LogP contribution in [0.25, 0.3) is 0 Å². The lowest BCUT2D eigenvalue weighted by Crippen LogP contribution is -2.37. The molecule has 1 atom stereocenters. The third kappa shape index (κ3) is 3.00. The van der Waals surface area contributed by atoms with Crippen molar-refractivity contribution in [3.8, 4) is 0 Å². The number of rotatable bonds is 5. The number of likely N-dealkylation sites (tertiary alicyclic amines) is 1. The fraction of sp³-hybridized carbons (Fsp3) is 0.643. The molecule has 100 valence electrons. The van der Waals surface area contributed by atoms with Crippen LogP contribution in [0.1, 0.15) is 18.4 Å². The van der Waals surface area contributed by atoms with Crippen LogP contribution in [0.15, 0.2) is 18.5 Å². The molecule has 1 saturated heterocycles. The monoisotopic (exact) mass is 248 g/mol. The third-order valence-electron chi connectivity index (χ3n) is 3.82. The van der Waals surface area contributed by atoms with Crippen molar-refractivity contribution in [2.45, 2.75) is 25.4 Å². The van der Waals surface area contributed by atoms with Crippen molar-refractivity contribution in [1.29, 1.82) is 0 Å². The average molecular weight is 248 g/mol. The van der Waals surface area contributed by atoms with Gasteiger partial charge in [0.1, 0.15) is 0 Å². The number of hydrogen-bond donors (Lipinski definition) is 1. The van der Waals surface area contributed by atoms with Gasteiger partial charge in [-0.3, -0.25) is 4.98 Å². The normalized spacial score (nSPS) is 20.3. The predicted octanol–water partition coefficient (Wildman–Crippen LogP) is 1.33. The molecule has 2 heterocycles. The molecule has 1 aromatic heterocycles. The molecule has 4 heteroatoms. The second-order valence-corrected chi connectivity index (χ2v) is 5.19. The van der Waals surface area contributed by atoms with Crippen LogP contribution in [0.3, 0.4) is 0 Å². The summed E-state index contributed by atoms with van der Waals surface area (Å²) in [4.78, 5) is 9.06. The Labute approximate surface area is 110 Å². The highest BCUT2D eigenvalue weighted by atomic mass is 15.2. The Morgan fingerprint density at radius 2 is 2.39 bits per heavy atom. The zero-order chi connectivity index (χ0) is 13.0. The molecule has 1 unspecified atom stereocenters. The minimum absolute atomic E-state index is 0.678. The van der Waals surface area contributed by atoms with Gasteiger partial charge >= 0.3 is 0 Å². The second-order valence-electron chi connectivity index (χ2n) is 5.19. The summed E-state index contributed by atoms with van der Waals surface area (Å²) in [5.74, 6) is 0. The van der Waals surface area contributed by atoms with E-state index in [9.17, 15) is 0 Å². The van der Waals surface area contributed by atoms with Gasteiger partial charge in [-0.15, -0.1) is 0 Å². The number of likely N-dealkylation sites (N-methyl/N-ethyl adjacent to an activating group) is 2. The third-order valence-corrected chi connectivity index (χ3v) is 3.82. The summed E-state index contributed by atoms with van der Waals surface area (Å²) in [5, 5.41) is 3.22. The lowest BCUT2D eigenvalue weighted by molar-refractivity contribution is 0.314. The van der Waals surface area contributed by atoms with Gasteiger partial charge in [0.2, 0.25) is 0 Å². The quantitative estimate of drug-likeness (QED) is 0.852. The van der Waals surface area contributed by atoms with Gasteiger partial charge in [-0.1, -0.05) is 0 Å². The van der Waals surface area contributed by atoms with Crippen molar-refractivity contribution in [2.24, 2.45) is 0 Å². The molecule has 1 N–H and O–H groups in total. The molecule has 0 saturated carbocycles. The van der Waals surface area contributed by atoms with Crippen molar-refractivity contribution in [3.63, 3.8) is 0 Å². The summed E-state index contributed by atoms with van der Waals surface area (Å²) in [6.45, 7) is 3.20. The van der Waals surface area contributed by atoms with Crippen LogP contribution in [0, 0.1) is 0 Å². The van der Waals surface area contributed by atoms with Gasteiger partial charge in [-0.25, -0.2) is 0 Å². The highest BCUT2D eigenvalue weighted by molar-refractivity contribution is 5.51. The maximum Gasteiger partial charge on any atom is 0.0596 e. The lowest BCUT2D eigenvalue weighted by atomic mass is 10.1. The Bertz CT molecular complexity index is 380. The van der Waals surface area contributed by atoms with Crippen LogP contribution >= 0.6 is 0 Å². The van der Waals surface area contributed by atoms with Gasteiger partial charge in [0.25, 0.3) is 0 Å². The zero-order valence-corrected chi connectivity index (χ0v) is 11.7. The van der Waals surface area contributed by atoms with E-state index in [1.807, 2.05) is 19.4 Å². The molecule has 1 aromatic rings. The number of pyridine rings is 1. The highest BCUT2D eigenvalue weighted by Crippen LogP contribution is 2.21. The van der Waals surface area contributed by atoms with E-state index in [2.05, 4.69) is 40.3 Å². The first-order valence-electron chi connectivity index (χ1n) is 6.71. The molecule has 1 aliphatic rings. The smallest absolute Gasteiger partial charge is 0.0596 e. The standard InChI is InChI=1S/C14H24N4/c1-15-9-12-6-7-16-10-14(12)18(3)11-13-5-4-8-17(13)2/h6-7,10,13,15H,4-5,8-9,11H2,1-3H3. The first-order valence-corrected chi connectivity index (χ1v) is 6.71. The summed E-state index contributed by atoms with van der Waals surface area (Å²) in [5.41, 5.74) is 2.56. The SMILES string of the molecule is CNCc1ccncc1N(C)CC1CCCN1C. The van der Waals surface area contributed by atoms with Crippen molar-refractivity contribution in [3.05, 3.63) is 24.0 Å². The number of anilines is 1. The van der Waals surface area contributed by atoms with Gasteiger partial charge in [0.05, 0.1) is 11.9 Å². The summed E-state index contributed by atoms with van der Waals surface area (Å²) in [7, 11) is 6.38. The topological polar surface area (TPSA) is 31.4 Å². The Balaban J connectivity index is 2.05. The Hall–Kier alpha value is -1.13. The van der Waals surface area contributed by atoms with Gasteiger partial charge in [0.15, 0.2) is 0 Å². The molecule has 0 aromatic carbocycles. The van der Waals surface area contributed by atoms with Gasteiger partial charge < -0.3 is 15.1 Å². The molecule has 1 fully saturated rings. The molecule has 0 spiro atoms. The van der Waals surface area contributed by atoms with Crippen LogP contribution in [-0.2, 0) is 6.54 Å². The second kappa shape index (κ2) is 6.16. The summed E-state index contributed by atoms with van der Waals surface area (Å²) in [6, 6.07) is 2.78. The number of nitrogens with one attached hydrogen (secondary N) is 1. The van der Waals surface area contributed by atoms with E-state index >= 15 is 0 Å². The summed E-state index contributed by atoms with van der Waals surface area (Å²) >= 11 is 0. The summed E-state index contributed by atoms with van der Waals surface area (Å²) < 4.78 is 0. The first-order chi connectivity index (χ1) is 8.72. The van der Waals surface area contributed by atoms with Gasteiger partial charge in [0, 0.05) is 32.4 Å². The van der Waals surface area contributed by atoms with Crippen LogP contribution < -0.4 is 10.2 Å². The van der Waals surface area contributed by atoms with E-state index < -0.39 is 0 Å². The molecular formula is C14H24N4. The zero-order valence-electron chi connectivity index (χ0n) is 11.7. The Morgan fingerprint density at radius 3 is 3.06 bits per heavy atom. The van der Waals surface area contributed by atoms with E-state index in [1.54, 1.807) is 0 Å². The van der Waals surface area contributed by atoms with Crippen LogP contribution in [0.2, 0.25) is 0 Å². The number of nitrogens with zero attached hydrogens (tertiary/aromatic N) is 3. The predicted molar refractivity (Wildman–Crippen MR) is 75.9 cm³/mol. The largest absolute Gasteiger partial charge is 0.372 e. The Morgan fingerprint density at radius 1 is 1.56 bits per heavy atom. The lowest BCUT2D eigenvalue weighted by Gasteiger charge is -2.28. The number of hydrogen-bond acceptors (Lipinski definition) is 4. The summed E-state index contributed by atoms with van der Waals surface area (Å²) in [6.07, 6.45) is 6.47. The van der Waals surface area contributed by atoms with Gasteiger partial charge in [-0.2, -0.15) is 0 Å². The van der Waals surface area contributed by atoms with Gasteiger partial charge in [-0.05, 0) is 45.1 Å². The molecule has 0 amide bonds. The molecule has 0 bridgehead atoms. The average Bonchev–Trinajstić information content (AvgIpc) is 2.76. The fourth-order valence-electron chi connectivity index (χ4n) is 2.72. The molecule has 0 aliphatic carbocycles. The molecule has 4 nitrogen and oxygen atoms in total.